The number of rotatable bonds is 2. The Bertz CT molecular complexity index is 707. The normalized spacial score (nSPS) is 17.4. The van der Waals surface area contributed by atoms with Gasteiger partial charge in [-0.1, -0.05) is 24.3 Å². The molecule has 0 bridgehead atoms. The van der Waals surface area contributed by atoms with Crippen molar-refractivity contribution in [2.45, 2.75) is 25.9 Å². The number of fused-ring (bicyclic) bond motifs is 1. The minimum absolute atomic E-state index is 0.167. The number of hydrogen-bond donors (Lipinski definition) is 1. The van der Waals surface area contributed by atoms with Gasteiger partial charge in [0.15, 0.2) is 12.1 Å². The molecular weight excluding hydrogens is 272 g/mol. The van der Waals surface area contributed by atoms with E-state index in [-0.39, 0.29) is 12.2 Å². The fourth-order valence-corrected chi connectivity index (χ4v) is 2.60. The molecule has 108 valence electrons. The second-order valence-corrected chi connectivity index (χ2v) is 5.02. The van der Waals surface area contributed by atoms with Crippen LogP contribution in [0, 0.1) is 6.92 Å². The van der Waals surface area contributed by atoms with Crippen LogP contribution < -0.4 is 0 Å². The van der Waals surface area contributed by atoms with Crippen LogP contribution in [0.5, 0.6) is 0 Å². The van der Waals surface area contributed by atoms with E-state index in [1.54, 1.807) is 6.92 Å². The Labute approximate surface area is 121 Å². The van der Waals surface area contributed by atoms with Crippen LogP contribution in [0.1, 0.15) is 27.4 Å². The highest BCUT2D eigenvalue weighted by Gasteiger charge is 2.36. The van der Waals surface area contributed by atoms with Gasteiger partial charge in [0.1, 0.15) is 11.8 Å². The van der Waals surface area contributed by atoms with Crippen LogP contribution in [0.2, 0.25) is 0 Å². The number of aliphatic carboxylic acids is 1. The summed E-state index contributed by atoms with van der Waals surface area (Å²) in [6, 6.07) is 6.67. The number of aromatic nitrogens is 1. The Hall–Kier alpha value is -2.63. The molecule has 6 heteroatoms. The lowest BCUT2D eigenvalue weighted by Crippen LogP contribution is -2.48. The van der Waals surface area contributed by atoms with Crippen molar-refractivity contribution in [3.8, 4) is 0 Å². The molecule has 0 unspecified atom stereocenters. The van der Waals surface area contributed by atoms with Gasteiger partial charge in [-0.3, -0.25) is 4.79 Å². The summed E-state index contributed by atoms with van der Waals surface area (Å²) in [6.07, 6.45) is 1.49. The first-order valence-electron chi connectivity index (χ1n) is 6.58. The van der Waals surface area contributed by atoms with Crippen molar-refractivity contribution in [2.75, 3.05) is 0 Å². The van der Waals surface area contributed by atoms with Gasteiger partial charge in [0.25, 0.3) is 5.91 Å². The molecule has 0 spiro atoms. The third-order valence-electron chi connectivity index (χ3n) is 3.74. The molecule has 2 aromatic rings. The van der Waals surface area contributed by atoms with Crippen LogP contribution in [0.15, 0.2) is 35.1 Å². The Morgan fingerprint density at radius 1 is 1.33 bits per heavy atom. The highest BCUT2D eigenvalue weighted by molar-refractivity contribution is 5.96. The maximum atomic E-state index is 12.5. The topological polar surface area (TPSA) is 83.6 Å². The van der Waals surface area contributed by atoms with Crippen molar-refractivity contribution >= 4 is 11.9 Å². The number of aryl methyl sites for hydroxylation is 1. The number of carbonyl (C=O) groups is 2. The van der Waals surface area contributed by atoms with E-state index in [2.05, 4.69) is 4.98 Å². The van der Waals surface area contributed by atoms with Gasteiger partial charge < -0.3 is 14.4 Å². The van der Waals surface area contributed by atoms with Crippen molar-refractivity contribution in [3.05, 3.63) is 53.2 Å². The number of oxazole rings is 1. The Balaban J connectivity index is 1.98. The fourth-order valence-electron chi connectivity index (χ4n) is 2.60. The first-order chi connectivity index (χ1) is 10.1. The van der Waals surface area contributed by atoms with E-state index in [4.69, 9.17) is 4.42 Å². The molecule has 6 nitrogen and oxygen atoms in total. The number of carbonyl (C=O) groups excluding carboxylic acids is 1. The van der Waals surface area contributed by atoms with Gasteiger partial charge in [-0.25, -0.2) is 9.78 Å². The van der Waals surface area contributed by atoms with E-state index >= 15 is 0 Å². The molecule has 0 aliphatic carbocycles. The predicted octanol–water partition coefficient (Wildman–Crippen LogP) is 1.63. The van der Waals surface area contributed by atoms with Gasteiger partial charge in [0.2, 0.25) is 0 Å². The number of carboxylic acid groups (broad SMARTS) is 1. The number of carboxylic acids is 1. The maximum absolute atomic E-state index is 12.5. The zero-order valence-electron chi connectivity index (χ0n) is 11.4. The molecule has 0 saturated carbocycles. The molecule has 0 saturated heterocycles. The van der Waals surface area contributed by atoms with Gasteiger partial charge in [-0.05, 0) is 18.1 Å². The Kier molecular flexibility index (Phi) is 3.21. The van der Waals surface area contributed by atoms with Crippen molar-refractivity contribution in [1.29, 1.82) is 0 Å². The number of nitrogens with zero attached hydrogens (tertiary/aromatic N) is 2. The molecule has 1 aliphatic rings. The van der Waals surface area contributed by atoms with Crippen LogP contribution >= 0.6 is 0 Å². The third kappa shape index (κ3) is 2.29. The Morgan fingerprint density at radius 3 is 2.67 bits per heavy atom. The van der Waals surface area contributed by atoms with Crippen LogP contribution in [0.4, 0.5) is 0 Å². The summed E-state index contributed by atoms with van der Waals surface area (Å²) in [5.74, 6) is -1.04. The second-order valence-electron chi connectivity index (χ2n) is 5.02. The monoisotopic (exact) mass is 286 g/mol. The molecule has 1 aromatic carbocycles. The first-order valence-corrected chi connectivity index (χ1v) is 6.58. The number of benzene rings is 1. The lowest BCUT2D eigenvalue weighted by atomic mass is 9.93. The summed E-state index contributed by atoms with van der Waals surface area (Å²) in [4.78, 5) is 29.3. The van der Waals surface area contributed by atoms with Gasteiger partial charge in [-0.2, -0.15) is 0 Å². The predicted molar refractivity (Wildman–Crippen MR) is 72.7 cm³/mol. The summed E-state index contributed by atoms with van der Waals surface area (Å²) in [6.45, 7) is 1.90. The zero-order chi connectivity index (χ0) is 15.0. The largest absolute Gasteiger partial charge is 0.480 e. The smallest absolute Gasteiger partial charge is 0.326 e. The van der Waals surface area contributed by atoms with E-state index < -0.39 is 17.9 Å². The van der Waals surface area contributed by atoms with E-state index in [1.165, 1.54) is 11.3 Å². The molecule has 0 fully saturated rings. The zero-order valence-corrected chi connectivity index (χ0v) is 11.4. The van der Waals surface area contributed by atoms with E-state index in [0.29, 0.717) is 12.2 Å². The van der Waals surface area contributed by atoms with E-state index in [9.17, 15) is 14.7 Å². The second kappa shape index (κ2) is 5.05. The average Bonchev–Trinajstić information content (AvgIpc) is 2.91. The quantitative estimate of drug-likeness (QED) is 0.907. The van der Waals surface area contributed by atoms with Crippen LogP contribution in [-0.2, 0) is 17.8 Å². The molecule has 2 heterocycles. The highest BCUT2D eigenvalue weighted by atomic mass is 16.4. The van der Waals surface area contributed by atoms with Crippen LogP contribution in [0.3, 0.4) is 0 Å². The van der Waals surface area contributed by atoms with Crippen molar-refractivity contribution in [3.63, 3.8) is 0 Å². The first kappa shape index (κ1) is 13.4. The van der Waals surface area contributed by atoms with Gasteiger partial charge in [0, 0.05) is 13.0 Å². The number of amides is 1. The molecule has 1 aromatic heterocycles. The third-order valence-corrected chi connectivity index (χ3v) is 3.74. The van der Waals surface area contributed by atoms with E-state index in [0.717, 1.165) is 11.1 Å². The SMILES string of the molecule is Cc1ocnc1C(=O)N1Cc2ccccc2C[C@H]1C(=O)O. The van der Waals surface area contributed by atoms with Crippen molar-refractivity contribution < 1.29 is 19.1 Å². The standard InChI is InChI=1S/C15H14N2O4/c1-9-13(16-8-21-9)14(18)17-7-11-5-3-2-4-10(11)6-12(17)15(19)20/h2-5,8,12H,6-7H2,1H3,(H,19,20)/t12-/m0/s1. The van der Waals surface area contributed by atoms with Crippen molar-refractivity contribution in [2.24, 2.45) is 0 Å². The lowest BCUT2D eigenvalue weighted by Gasteiger charge is -2.34. The number of hydrogen-bond acceptors (Lipinski definition) is 4. The minimum Gasteiger partial charge on any atom is -0.480 e. The fraction of sp³-hybridized carbons (Fsp3) is 0.267. The maximum Gasteiger partial charge on any atom is 0.326 e. The molecule has 1 amide bonds. The molecule has 1 N–H and O–H groups in total. The summed E-state index contributed by atoms with van der Waals surface area (Å²) in [5, 5.41) is 9.41. The average molecular weight is 286 g/mol. The summed E-state index contributed by atoms with van der Waals surface area (Å²) in [7, 11) is 0. The van der Waals surface area contributed by atoms with Gasteiger partial charge in [-0.15, -0.1) is 0 Å². The van der Waals surface area contributed by atoms with Gasteiger partial charge >= 0.3 is 5.97 Å². The molecule has 21 heavy (non-hydrogen) atoms. The molecule has 1 aliphatic heterocycles. The lowest BCUT2D eigenvalue weighted by molar-refractivity contribution is -0.142. The molecular formula is C15H14N2O4. The minimum atomic E-state index is -1.01. The summed E-state index contributed by atoms with van der Waals surface area (Å²) in [5.41, 5.74) is 2.09. The van der Waals surface area contributed by atoms with Crippen LogP contribution in [-0.4, -0.2) is 32.9 Å². The van der Waals surface area contributed by atoms with Crippen LogP contribution in [0.25, 0.3) is 0 Å². The molecule has 3 rings (SSSR count). The van der Waals surface area contributed by atoms with Crippen molar-refractivity contribution in [1.82, 2.24) is 9.88 Å². The molecule has 0 radical (unpaired) electrons. The van der Waals surface area contributed by atoms with Gasteiger partial charge in [0.05, 0.1) is 0 Å². The summed E-state index contributed by atoms with van der Waals surface area (Å²) >= 11 is 0. The molecule has 1 atom stereocenters. The van der Waals surface area contributed by atoms with E-state index in [1.807, 2.05) is 24.3 Å². The Morgan fingerprint density at radius 2 is 2.05 bits per heavy atom. The summed E-state index contributed by atoms with van der Waals surface area (Å²) < 4.78 is 5.04. The highest BCUT2D eigenvalue weighted by Crippen LogP contribution is 2.25.